The summed E-state index contributed by atoms with van der Waals surface area (Å²) in [5.41, 5.74) is 1.41. The first kappa shape index (κ1) is 14.4. The topological polar surface area (TPSA) is 15.3 Å². The molecule has 1 saturated heterocycles. The van der Waals surface area contributed by atoms with E-state index in [4.69, 9.17) is 11.6 Å². The standard InChI is InChI=1S/C17H25ClN2/c1-2-20-7-6-13(12-20)11-19-17-9-15(10-17)14-4-3-5-16(18)8-14/h3-5,8,13,15,17,19H,2,6-7,9-12H2,1H3. The van der Waals surface area contributed by atoms with E-state index in [9.17, 15) is 0 Å². The Bertz CT molecular complexity index is 442. The molecule has 2 nitrogen and oxygen atoms in total. The number of hydrogen-bond donors (Lipinski definition) is 1. The molecule has 20 heavy (non-hydrogen) atoms. The molecule has 0 spiro atoms. The SMILES string of the molecule is CCN1CCC(CNC2CC(c3cccc(Cl)c3)C2)C1. The van der Waals surface area contributed by atoms with E-state index in [0.717, 1.165) is 17.0 Å². The van der Waals surface area contributed by atoms with Gasteiger partial charge in [0.15, 0.2) is 0 Å². The van der Waals surface area contributed by atoms with Crippen LogP contribution in [0.1, 0.15) is 37.7 Å². The van der Waals surface area contributed by atoms with Crippen LogP contribution in [0.25, 0.3) is 0 Å². The number of likely N-dealkylation sites (tertiary alicyclic amines) is 1. The van der Waals surface area contributed by atoms with Crippen molar-refractivity contribution in [2.45, 2.75) is 38.1 Å². The first-order chi connectivity index (χ1) is 9.74. The lowest BCUT2D eigenvalue weighted by Gasteiger charge is -2.37. The summed E-state index contributed by atoms with van der Waals surface area (Å²) in [7, 11) is 0. The maximum absolute atomic E-state index is 6.06. The second-order valence-electron chi connectivity index (χ2n) is 6.38. The zero-order valence-electron chi connectivity index (χ0n) is 12.3. The molecule has 0 radical (unpaired) electrons. The monoisotopic (exact) mass is 292 g/mol. The zero-order chi connectivity index (χ0) is 13.9. The van der Waals surface area contributed by atoms with Gasteiger partial charge in [-0.3, -0.25) is 0 Å². The largest absolute Gasteiger partial charge is 0.314 e. The molecule has 2 fully saturated rings. The lowest BCUT2D eigenvalue weighted by molar-refractivity contribution is 0.271. The van der Waals surface area contributed by atoms with Crippen molar-refractivity contribution in [2.24, 2.45) is 5.92 Å². The second-order valence-corrected chi connectivity index (χ2v) is 6.81. The van der Waals surface area contributed by atoms with Crippen molar-refractivity contribution in [2.75, 3.05) is 26.2 Å². The quantitative estimate of drug-likeness (QED) is 0.893. The van der Waals surface area contributed by atoms with Crippen molar-refractivity contribution in [3.8, 4) is 0 Å². The maximum Gasteiger partial charge on any atom is 0.0408 e. The van der Waals surface area contributed by atoms with E-state index in [0.29, 0.717) is 5.92 Å². The molecule has 2 aliphatic rings. The normalized spacial score (nSPS) is 30.4. The Morgan fingerprint density at radius 1 is 1.35 bits per heavy atom. The molecule has 110 valence electrons. The smallest absolute Gasteiger partial charge is 0.0408 e. The van der Waals surface area contributed by atoms with Gasteiger partial charge in [0.1, 0.15) is 0 Å². The first-order valence-corrected chi connectivity index (χ1v) is 8.33. The lowest BCUT2D eigenvalue weighted by atomic mass is 9.76. The van der Waals surface area contributed by atoms with Gasteiger partial charge in [0.05, 0.1) is 0 Å². The van der Waals surface area contributed by atoms with E-state index >= 15 is 0 Å². The average molecular weight is 293 g/mol. The fourth-order valence-electron chi connectivity index (χ4n) is 3.52. The molecule has 1 aromatic rings. The summed E-state index contributed by atoms with van der Waals surface area (Å²) in [6.07, 6.45) is 3.90. The molecule has 1 N–H and O–H groups in total. The van der Waals surface area contributed by atoms with Crippen LogP contribution in [-0.2, 0) is 0 Å². The Morgan fingerprint density at radius 3 is 2.90 bits per heavy atom. The predicted molar refractivity (Wildman–Crippen MR) is 85.4 cm³/mol. The highest BCUT2D eigenvalue weighted by Crippen LogP contribution is 2.37. The number of halogens is 1. The van der Waals surface area contributed by atoms with E-state index in [-0.39, 0.29) is 0 Å². The summed E-state index contributed by atoms with van der Waals surface area (Å²) >= 11 is 6.06. The number of hydrogen-bond acceptors (Lipinski definition) is 2. The van der Waals surface area contributed by atoms with Crippen LogP contribution in [0.3, 0.4) is 0 Å². The molecule has 1 saturated carbocycles. The van der Waals surface area contributed by atoms with Gasteiger partial charge in [-0.25, -0.2) is 0 Å². The fourth-order valence-corrected chi connectivity index (χ4v) is 3.72. The maximum atomic E-state index is 6.06. The lowest BCUT2D eigenvalue weighted by Crippen LogP contribution is -2.42. The highest BCUT2D eigenvalue weighted by Gasteiger charge is 2.31. The Balaban J connectivity index is 1.38. The molecule has 0 bridgehead atoms. The number of benzene rings is 1. The van der Waals surface area contributed by atoms with Crippen LogP contribution < -0.4 is 5.32 Å². The minimum atomic E-state index is 0.710. The Hall–Kier alpha value is -0.570. The molecule has 3 heteroatoms. The Morgan fingerprint density at radius 2 is 2.20 bits per heavy atom. The molecule has 1 aromatic carbocycles. The highest BCUT2D eigenvalue weighted by molar-refractivity contribution is 6.30. The Labute approximate surface area is 127 Å². The molecular formula is C17H25ClN2. The molecule has 1 unspecified atom stereocenters. The Kier molecular flexibility index (Phi) is 4.65. The van der Waals surface area contributed by atoms with Crippen molar-refractivity contribution in [1.82, 2.24) is 10.2 Å². The predicted octanol–water partition coefficient (Wildman–Crippen LogP) is 3.52. The van der Waals surface area contributed by atoms with E-state index in [2.05, 4.69) is 35.3 Å². The van der Waals surface area contributed by atoms with Crippen molar-refractivity contribution in [1.29, 1.82) is 0 Å². The van der Waals surface area contributed by atoms with Crippen LogP contribution in [0.15, 0.2) is 24.3 Å². The summed E-state index contributed by atoms with van der Waals surface area (Å²) < 4.78 is 0. The molecule has 1 aliphatic carbocycles. The van der Waals surface area contributed by atoms with Crippen molar-refractivity contribution in [3.63, 3.8) is 0 Å². The first-order valence-electron chi connectivity index (χ1n) is 7.95. The van der Waals surface area contributed by atoms with Gasteiger partial charge < -0.3 is 10.2 Å². The van der Waals surface area contributed by atoms with Gasteiger partial charge in [0, 0.05) is 17.6 Å². The van der Waals surface area contributed by atoms with Gasteiger partial charge in [0.2, 0.25) is 0 Å². The molecule has 1 aliphatic heterocycles. The van der Waals surface area contributed by atoms with Crippen LogP contribution in [0.2, 0.25) is 5.02 Å². The molecule has 3 rings (SSSR count). The highest BCUT2D eigenvalue weighted by atomic mass is 35.5. The summed E-state index contributed by atoms with van der Waals surface area (Å²) in [5.74, 6) is 1.57. The number of rotatable bonds is 5. The van der Waals surface area contributed by atoms with Crippen molar-refractivity contribution < 1.29 is 0 Å². The van der Waals surface area contributed by atoms with Crippen LogP contribution >= 0.6 is 11.6 Å². The molecule has 0 aromatic heterocycles. The van der Waals surface area contributed by atoms with Gasteiger partial charge in [-0.05, 0) is 68.4 Å². The van der Waals surface area contributed by atoms with E-state index in [1.807, 2.05) is 6.07 Å². The van der Waals surface area contributed by atoms with Gasteiger partial charge in [0.25, 0.3) is 0 Å². The van der Waals surface area contributed by atoms with Crippen molar-refractivity contribution in [3.05, 3.63) is 34.9 Å². The van der Waals surface area contributed by atoms with Gasteiger partial charge in [-0.1, -0.05) is 30.7 Å². The third-order valence-electron chi connectivity index (χ3n) is 4.97. The summed E-state index contributed by atoms with van der Waals surface area (Å²) in [4.78, 5) is 2.56. The average Bonchev–Trinajstić information content (AvgIpc) is 2.85. The third-order valence-corrected chi connectivity index (χ3v) is 5.21. The van der Waals surface area contributed by atoms with E-state index in [1.54, 1.807) is 0 Å². The molecule has 0 amide bonds. The fraction of sp³-hybridized carbons (Fsp3) is 0.647. The van der Waals surface area contributed by atoms with E-state index in [1.165, 1.54) is 51.0 Å². The number of nitrogens with one attached hydrogen (secondary N) is 1. The van der Waals surface area contributed by atoms with Crippen LogP contribution in [0.5, 0.6) is 0 Å². The molecule has 1 heterocycles. The molecular weight excluding hydrogens is 268 g/mol. The summed E-state index contributed by atoms with van der Waals surface area (Å²) in [6.45, 7) is 7.24. The van der Waals surface area contributed by atoms with E-state index < -0.39 is 0 Å². The van der Waals surface area contributed by atoms with Crippen molar-refractivity contribution >= 4 is 11.6 Å². The summed E-state index contributed by atoms with van der Waals surface area (Å²) in [6, 6.07) is 9.08. The van der Waals surface area contributed by atoms with Gasteiger partial charge >= 0.3 is 0 Å². The number of nitrogens with zero attached hydrogens (tertiary/aromatic N) is 1. The van der Waals surface area contributed by atoms with Crippen LogP contribution in [0, 0.1) is 5.92 Å². The molecule has 1 atom stereocenters. The van der Waals surface area contributed by atoms with Crippen LogP contribution in [-0.4, -0.2) is 37.1 Å². The second kappa shape index (κ2) is 6.46. The van der Waals surface area contributed by atoms with Crippen LogP contribution in [0.4, 0.5) is 0 Å². The third kappa shape index (κ3) is 3.36. The summed E-state index contributed by atoms with van der Waals surface area (Å²) in [5, 5.41) is 4.63. The van der Waals surface area contributed by atoms with Gasteiger partial charge in [-0.15, -0.1) is 0 Å². The zero-order valence-corrected chi connectivity index (χ0v) is 13.1. The van der Waals surface area contributed by atoms with Gasteiger partial charge in [-0.2, -0.15) is 0 Å². The minimum Gasteiger partial charge on any atom is -0.314 e. The minimum absolute atomic E-state index is 0.710.